The molecule has 0 saturated carbocycles. The number of nitrogens with zero attached hydrogens (tertiary/aromatic N) is 1. The highest BCUT2D eigenvalue weighted by molar-refractivity contribution is 7.87. The monoisotopic (exact) mass is 405 g/mol. The summed E-state index contributed by atoms with van der Waals surface area (Å²) in [5.41, 5.74) is 6.57. The normalized spacial score (nSPS) is 19.6. The van der Waals surface area contributed by atoms with Crippen molar-refractivity contribution in [1.82, 2.24) is 0 Å². The lowest BCUT2D eigenvalue weighted by Gasteiger charge is -2.25. The number of hydrogen-bond donors (Lipinski definition) is 0. The van der Waals surface area contributed by atoms with Crippen molar-refractivity contribution in [2.24, 2.45) is 0 Å². The van der Waals surface area contributed by atoms with Crippen LogP contribution in [0.25, 0.3) is 0 Å². The number of aryl methyl sites for hydroxylation is 2. The van der Waals surface area contributed by atoms with Crippen molar-refractivity contribution in [3.05, 3.63) is 88.5 Å². The van der Waals surface area contributed by atoms with E-state index in [0.29, 0.717) is 11.7 Å². The quantitative estimate of drug-likeness (QED) is 0.582. The Balaban J connectivity index is 1.58. The molecule has 0 aromatic heterocycles. The van der Waals surface area contributed by atoms with E-state index in [1.54, 1.807) is 24.3 Å². The van der Waals surface area contributed by atoms with Crippen LogP contribution in [-0.4, -0.2) is 15.5 Å². The summed E-state index contributed by atoms with van der Waals surface area (Å²) in [5.74, 6) is 0.759. The van der Waals surface area contributed by atoms with E-state index in [9.17, 15) is 8.42 Å². The van der Waals surface area contributed by atoms with E-state index in [1.807, 2.05) is 27.0 Å². The number of likely N-dealkylation sites (N-methyl/N-ethyl adjacent to an activating group) is 1. The minimum absolute atomic E-state index is 0.172. The third-order valence-corrected chi connectivity index (χ3v) is 7.46. The van der Waals surface area contributed by atoms with Crippen LogP contribution in [0.4, 0.5) is 5.69 Å². The zero-order valence-corrected chi connectivity index (χ0v) is 17.5. The zero-order valence-electron chi connectivity index (χ0n) is 16.7. The fraction of sp³-hybridized carbons (Fsp3) is 0.250. The molecule has 5 rings (SSSR count). The highest BCUT2D eigenvalue weighted by Gasteiger charge is 2.45. The van der Waals surface area contributed by atoms with Crippen molar-refractivity contribution < 1.29 is 12.6 Å². The fourth-order valence-electron chi connectivity index (χ4n) is 4.79. The van der Waals surface area contributed by atoms with E-state index in [0.717, 1.165) is 28.8 Å². The van der Waals surface area contributed by atoms with Crippen LogP contribution in [0.3, 0.4) is 0 Å². The van der Waals surface area contributed by atoms with Gasteiger partial charge in [-0.3, -0.25) is 0 Å². The molecule has 0 N–H and O–H groups in total. The van der Waals surface area contributed by atoms with E-state index in [1.165, 1.54) is 11.1 Å². The van der Waals surface area contributed by atoms with Crippen molar-refractivity contribution in [2.75, 3.05) is 11.9 Å². The van der Waals surface area contributed by atoms with E-state index in [4.69, 9.17) is 4.18 Å². The first-order chi connectivity index (χ1) is 13.9. The van der Waals surface area contributed by atoms with Gasteiger partial charge >= 0.3 is 10.1 Å². The summed E-state index contributed by atoms with van der Waals surface area (Å²) in [7, 11) is -1.87. The summed E-state index contributed by atoms with van der Waals surface area (Å²) >= 11 is 0. The number of rotatable bonds is 3. The Hall–Kier alpha value is -2.79. The molecular formula is C24H23NO3S. The molecule has 1 heterocycles. The Labute approximate surface area is 171 Å². The Morgan fingerprint density at radius 2 is 1.66 bits per heavy atom. The van der Waals surface area contributed by atoms with Gasteiger partial charge < -0.3 is 9.08 Å². The summed E-state index contributed by atoms with van der Waals surface area (Å²) < 4.78 is 31.7. The third kappa shape index (κ3) is 2.76. The Kier molecular flexibility index (Phi) is 4.00. The minimum Gasteiger partial charge on any atom is -0.376 e. The number of anilines is 1. The summed E-state index contributed by atoms with van der Waals surface area (Å²) in [4.78, 5) is 2.37. The highest BCUT2D eigenvalue weighted by atomic mass is 32.2. The number of fused-ring (bicyclic) bond motifs is 5. The molecule has 0 spiro atoms. The Morgan fingerprint density at radius 1 is 0.931 bits per heavy atom. The predicted octanol–water partition coefficient (Wildman–Crippen LogP) is 4.90. The summed E-state index contributed by atoms with van der Waals surface area (Å²) in [6.45, 7) is 3.83. The highest BCUT2D eigenvalue weighted by Crippen LogP contribution is 2.57. The van der Waals surface area contributed by atoms with Crippen molar-refractivity contribution in [3.63, 3.8) is 0 Å². The van der Waals surface area contributed by atoms with Crippen LogP contribution in [0.15, 0.2) is 65.6 Å². The summed E-state index contributed by atoms with van der Waals surface area (Å²) in [5, 5.41) is 0. The number of benzene rings is 3. The zero-order chi connectivity index (χ0) is 20.3. The molecule has 0 unspecified atom stereocenters. The van der Waals surface area contributed by atoms with Gasteiger partial charge in [0.15, 0.2) is 5.75 Å². The van der Waals surface area contributed by atoms with E-state index in [2.05, 4.69) is 35.2 Å². The predicted molar refractivity (Wildman–Crippen MR) is 114 cm³/mol. The molecular weight excluding hydrogens is 382 g/mol. The lowest BCUT2D eigenvalue weighted by atomic mass is 9.95. The molecule has 0 bridgehead atoms. The Morgan fingerprint density at radius 3 is 2.41 bits per heavy atom. The van der Waals surface area contributed by atoms with Crippen LogP contribution in [0.5, 0.6) is 5.75 Å². The molecule has 4 nitrogen and oxygen atoms in total. The second-order valence-corrected chi connectivity index (χ2v) is 9.61. The van der Waals surface area contributed by atoms with Crippen LogP contribution in [0, 0.1) is 13.8 Å². The van der Waals surface area contributed by atoms with Crippen LogP contribution in [-0.2, 0) is 16.5 Å². The Bertz CT molecular complexity index is 1220. The maximum absolute atomic E-state index is 13.0. The molecule has 148 valence electrons. The maximum atomic E-state index is 13.0. The van der Waals surface area contributed by atoms with Gasteiger partial charge in [0.1, 0.15) is 4.90 Å². The first kappa shape index (κ1) is 18.3. The van der Waals surface area contributed by atoms with Gasteiger partial charge in [-0.15, -0.1) is 0 Å². The second kappa shape index (κ2) is 6.36. The van der Waals surface area contributed by atoms with Gasteiger partial charge in [-0.2, -0.15) is 8.42 Å². The fourth-order valence-corrected chi connectivity index (χ4v) is 5.79. The second-order valence-electron chi connectivity index (χ2n) is 8.07. The van der Waals surface area contributed by atoms with Crippen molar-refractivity contribution in [2.45, 2.75) is 37.1 Å². The molecule has 2 aliphatic rings. The molecule has 1 aliphatic carbocycles. The average molecular weight is 406 g/mol. The topological polar surface area (TPSA) is 46.6 Å². The SMILES string of the molecule is Cc1ccc(S(=O)(=O)Oc2c(C)ccc3c2N(C)[C@H]2c4ccccc4C[C@@H]32)cc1. The molecule has 0 amide bonds. The lowest BCUT2D eigenvalue weighted by Crippen LogP contribution is -2.21. The molecule has 0 radical (unpaired) electrons. The van der Waals surface area contributed by atoms with Crippen LogP contribution in [0.2, 0.25) is 0 Å². The maximum Gasteiger partial charge on any atom is 0.339 e. The van der Waals surface area contributed by atoms with Crippen LogP contribution >= 0.6 is 0 Å². The molecule has 0 fully saturated rings. The van der Waals surface area contributed by atoms with Gasteiger partial charge in [-0.25, -0.2) is 0 Å². The average Bonchev–Trinajstić information content (AvgIpc) is 3.20. The van der Waals surface area contributed by atoms with Crippen LogP contribution < -0.4 is 9.08 Å². The van der Waals surface area contributed by atoms with Crippen molar-refractivity contribution >= 4 is 15.8 Å². The van der Waals surface area contributed by atoms with Gasteiger partial charge in [0.2, 0.25) is 0 Å². The van der Waals surface area contributed by atoms with Gasteiger partial charge in [-0.1, -0.05) is 54.1 Å². The van der Waals surface area contributed by atoms with Gasteiger partial charge in [0.25, 0.3) is 0 Å². The van der Waals surface area contributed by atoms with E-state index < -0.39 is 10.1 Å². The molecule has 3 aromatic carbocycles. The van der Waals surface area contributed by atoms with Gasteiger partial charge in [0, 0.05) is 13.0 Å². The summed E-state index contributed by atoms with van der Waals surface area (Å²) in [6, 6.07) is 19.6. The molecule has 0 saturated heterocycles. The van der Waals surface area contributed by atoms with Gasteiger partial charge in [0.05, 0.1) is 11.7 Å². The smallest absolute Gasteiger partial charge is 0.339 e. The number of hydrogen-bond acceptors (Lipinski definition) is 4. The standard InChI is InChI=1S/C24H23NO3S/c1-15-8-11-18(12-9-15)29(26,27)28-24-16(2)10-13-20-21-14-17-6-4-5-7-19(17)22(21)25(3)23(20)24/h4-13,21-22H,14H2,1-3H3/t21-,22-/m0/s1. The molecule has 5 heteroatoms. The third-order valence-electron chi connectivity index (χ3n) is 6.23. The summed E-state index contributed by atoms with van der Waals surface area (Å²) in [6.07, 6.45) is 0.964. The first-order valence-corrected chi connectivity index (χ1v) is 11.2. The molecule has 3 aromatic rings. The van der Waals surface area contributed by atoms with E-state index in [-0.39, 0.29) is 10.9 Å². The molecule has 29 heavy (non-hydrogen) atoms. The first-order valence-electron chi connectivity index (χ1n) is 9.82. The molecule has 2 atom stereocenters. The lowest BCUT2D eigenvalue weighted by molar-refractivity contribution is 0.484. The van der Waals surface area contributed by atoms with Crippen LogP contribution in [0.1, 0.15) is 39.8 Å². The van der Waals surface area contributed by atoms with Crippen molar-refractivity contribution in [1.29, 1.82) is 0 Å². The van der Waals surface area contributed by atoms with Crippen molar-refractivity contribution in [3.8, 4) is 5.75 Å². The van der Waals surface area contributed by atoms with Gasteiger partial charge in [-0.05, 0) is 54.7 Å². The molecule has 1 aliphatic heterocycles. The largest absolute Gasteiger partial charge is 0.376 e. The minimum atomic E-state index is -3.91. The van der Waals surface area contributed by atoms with E-state index >= 15 is 0 Å².